The molecule has 0 fully saturated rings. The van der Waals surface area contributed by atoms with Crippen molar-refractivity contribution in [1.29, 1.82) is 0 Å². The summed E-state index contributed by atoms with van der Waals surface area (Å²) in [7, 11) is 1.73. The normalized spacial score (nSPS) is 17.2. The lowest BCUT2D eigenvalue weighted by Crippen LogP contribution is -2.41. The number of halogens is 1. The van der Waals surface area contributed by atoms with Crippen molar-refractivity contribution in [3.8, 4) is 5.75 Å². The Hall–Kier alpha value is -0.580. The van der Waals surface area contributed by atoms with E-state index in [4.69, 9.17) is 15.2 Å². The van der Waals surface area contributed by atoms with Crippen LogP contribution in [0.1, 0.15) is 25.0 Å². The van der Waals surface area contributed by atoms with E-state index in [9.17, 15) is 0 Å². The van der Waals surface area contributed by atoms with E-state index < -0.39 is 0 Å². The summed E-state index contributed by atoms with van der Waals surface area (Å²) in [5.41, 5.74) is 8.76. The van der Waals surface area contributed by atoms with Crippen LogP contribution in [-0.2, 0) is 17.6 Å². The van der Waals surface area contributed by atoms with Gasteiger partial charge >= 0.3 is 0 Å². The van der Waals surface area contributed by atoms with Gasteiger partial charge in [0, 0.05) is 24.0 Å². The zero-order chi connectivity index (χ0) is 14.0. The molecule has 106 valence electrons. The van der Waals surface area contributed by atoms with Crippen LogP contribution in [0.2, 0.25) is 0 Å². The van der Waals surface area contributed by atoms with Crippen molar-refractivity contribution in [3.63, 3.8) is 0 Å². The molecular formula is C15H22BrNO2. The van der Waals surface area contributed by atoms with Crippen molar-refractivity contribution in [3.05, 3.63) is 27.7 Å². The Morgan fingerprint density at radius 3 is 2.79 bits per heavy atom. The predicted octanol–water partition coefficient (Wildman–Crippen LogP) is 2.92. The summed E-state index contributed by atoms with van der Waals surface area (Å²) >= 11 is 3.56. The molecular weight excluding hydrogens is 306 g/mol. The SMILES string of the molecule is COC(C(C)C)C(N)Cc1cc(Br)cc2c1OCC2. The molecule has 0 aromatic heterocycles. The minimum atomic E-state index is -0.0207. The first-order chi connectivity index (χ1) is 9.02. The molecule has 0 aliphatic carbocycles. The molecule has 1 aliphatic heterocycles. The average Bonchev–Trinajstić information content (AvgIpc) is 2.77. The van der Waals surface area contributed by atoms with Crippen LogP contribution in [0.25, 0.3) is 0 Å². The fourth-order valence-electron chi connectivity index (χ4n) is 2.81. The number of ether oxygens (including phenoxy) is 2. The molecule has 1 aliphatic rings. The number of fused-ring (bicyclic) bond motifs is 1. The third-order valence-electron chi connectivity index (χ3n) is 3.63. The minimum Gasteiger partial charge on any atom is -0.493 e. The highest BCUT2D eigenvalue weighted by Crippen LogP contribution is 2.34. The summed E-state index contributed by atoms with van der Waals surface area (Å²) in [6.45, 7) is 5.04. The van der Waals surface area contributed by atoms with Crippen molar-refractivity contribution in [2.24, 2.45) is 11.7 Å². The third-order valence-corrected chi connectivity index (χ3v) is 4.09. The van der Waals surface area contributed by atoms with E-state index >= 15 is 0 Å². The summed E-state index contributed by atoms with van der Waals surface area (Å²) in [5.74, 6) is 1.43. The van der Waals surface area contributed by atoms with Crippen LogP contribution < -0.4 is 10.5 Å². The second-order valence-corrected chi connectivity index (χ2v) is 6.38. The van der Waals surface area contributed by atoms with Crippen LogP contribution in [-0.4, -0.2) is 25.9 Å². The summed E-state index contributed by atoms with van der Waals surface area (Å²) in [4.78, 5) is 0. The van der Waals surface area contributed by atoms with Gasteiger partial charge in [0.05, 0.1) is 12.7 Å². The summed E-state index contributed by atoms with van der Waals surface area (Å²) in [6, 6.07) is 4.22. The van der Waals surface area contributed by atoms with Gasteiger partial charge in [0.1, 0.15) is 5.75 Å². The molecule has 2 rings (SSSR count). The lowest BCUT2D eigenvalue weighted by atomic mass is 9.93. The van der Waals surface area contributed by atoms with E-state index in [0.29, 0.717) is 5.92 Å². The molecule has 0 spiro atoms. The number of rotatable bonds is 5. The molecule has 0 radical (unpaired) electrons. The zero-order valence-electron chi connectivity index (χ0n) is 11.8. The Balaban J connectivity index is 2.19. The van der Waals surface area contributed by atoms with Crippen molar-refractivity contribution in [2.75, 3.05) is 13.7 Å². The first-order valence-electron chi connectivity index (χ1n) is 6.75. The summed E-state index contributed by atoms with van der Waals surface area (Å²) in [5, 5.41) is 0. The third kappa shape index (κ3) is 3.30. The molecule has 2 N–H and O–H groups in total. The van der Waals surface area contributed by atoms with Gasteiger partial charge in [-0.3, -0.25) is 0 Å². The van der Waals surface area contributed by atoms with E-state index in [2.05, 4.69) is 41.9 Å². The molecule has 1 aromatic carbocycles. The van der Waals surface area contributed by atoms with Crippen LogP contribution in [0.3, 0.4) is 0 Å². The zero-order valence-corrected chi connectivity index (χ0v) is 13.4. The van der Waals surface area contributed by atoms with E-state index in [1.54, 1.807) is 7.11 Å². The van der Waals surface area contributed by atoms with Crippen LogP contribution in [0.15, 0.2) is 16.6 Å². The van der Waals surface area contributed by atoms with Crippen molar-refractivity contribution >= 4 is 15.9 Å². The summed E-state index contributed by atoms with van der Waals surface area (Å²) in [6.07, 6.45) is 1.82. The topological polar surface area (TPSA) is 44.5 Å². The number of nitrogens with two attached hydrogens (primary N) is 1. The van der Waals surface area contributed by atoms with Gasteiger partial charge in [0.25, 0.3) is 0 Å². The van der Waals surface area contributed by atoms with Gasteiger partial charge in [-0.2, -0.15) is 0 Å². The molecule has 0 saturated heterocycles. The van der Waals surface area contributed by atoms with Gasteiger partial charge in [-0.15, -0.1) is 0 Å². The quantitative estimate of drug-likeness (QED) is 0.904. The Morgan fingerprint density at radius 1 is 1.42 bits per heavy atom. The van der Waals surface area contributed by atoms with E-state index in [-0.39, 0.29) is 12.1 Å². The monoisotopic (exact) mass is 327 g/mol. The van der Waals surface area contributed by atoms with Crippen LogP contribution in [0.4, 0.5) is 0 Å². The van der Waals surface area contributed by atoms with Crippen LogP contribution >= 0.6 is 15.9 Å². The largest absolute Gasteiger partial charge is 0.493 e. The number of methoxy groups -OCH3 is 1. The Kier molecular flexibility index (Phi) is 4.87. The first kappa shape index (κ1) is 14.8. The second kappa shape index (κ2) is 6.25. The standard InChI is InChI=1S/C15H22BrNO2/c1-9(2)14(18-3)13(17)8-11-7-12(16)6-10-4-5-19-15(10)11/h6-7,9,13-14H,4-5,8,17H2,1-3H3. The van der Waals surface area contributed by atoms with Gasteiger partial charge in [-0.25, -0.2) is 0 Å². The molecule has 0 bridgehead atoms. The number of hydrogen-bond donors (Lipinski definition) is 1. The molecule has 4 heteroatoms. The van der Waals surface area contributed by atoms with Gasteiger partial charge in [-0.1, -0.05) is 29.8 Å². The van der Waals surface area contributed by atoms with Crippen molar-refractivity contribution < 1.29 is 9.47 Å². The number of hydrogen-bond acceptors (Lipinski definition) is 3. The predicted molar refractivity (Wildman–Crippen MR) is 80.7 cm³/mol. The molecule has 2 unspecified atom stereocenters. The van der Waals surface area contributed by atoms with Gasteiger partial charge in [-0.05, 0) is 35.6 Å². The molecule has 19 heavy (non-hydrogen) atoms. The Morgan fingerprint density at radius 2 is 2.16 bits per heavy atom. The van der Waals surface area contributed by atoms with Crippen LogP contribution in [0, 0.1) is 5.92 Å². The van der Waals surface area contributed by atoms with Crippen LogP contribution in [0.5, 0.6) is 5.75 Å². The average molecular weight is 328 g/mol. The van der Waals surface area contributed by atoms with Gasteiger partial charge < -0.3 is 15.2 Å². The maximum Gasteiger partial charge on any atom is 0.125 e. The second-order valence-electron chi connectivity index (χ2n) is 5.46. The first-order valence-corrected chi connectivity index (χ1v) is 7.54. The highest BCUT2D eigenvalue weighted by atomic mass is 79.9. The maximum absolute atomic E-state index is 6.31. The molecule has 1 aromatic rings. The Bertz CT molecular complexity index is 448. The Labute approximate surface area is 123 Å². The van der Waals surface area contributed by atoms with E-state index in [1.165, 1.54) is 11.1 Å². The van der Waals surface area contributed by atoms with Crippen molar-refractivity contribution in [1.82, 2.24) is 0 Å². The lowest BCUT2D eigenvalue weighted by Gasteiger charge is -2.26. The highest BCUT2D eigenvalue weighted by Gasteiger charge is 2.24. The summed E-state index contributed by atoms with van der Waals surface area (Å²) < 4.78 is 12.4. The molecule has 0 saturated carbocycles. The molecule has 0 amide bonds. The molecule has 2 atom stereocenters. The van der Waals surface area contributed by atoms with E-state index in [1.807, 2.05) is 0 Å². The van der Waals surface area contributed by atoms with Gasteiger partial charge in [0.15, 0.2) is 0 Å². The smallest absolute Gasteiger partial charge is 0.125 e. The lowest BCUT2D eigenvalue weighted by molar-refractivity contribution is 0.0440. The highest BCUT2D eigenvalue weighted by molar-refractivity contribution is 9.10. The van der Waals surface area contributed by atoms with Crippen molar-refractivity contribution in [2.45, 2.75) is 38.8 Å². The molecule has 3 nitrogen and oxygen atoms in total. The minimum absolute atomic E-state index is 0.0207. The number of benzene rings is 1. The molecule has 1 heterocycles. The van der Waals surface area contributed by atoms with E-state index in [0.717, 1.165) is 29.7 Å². The van der Waals surface area contributed by atoms with Gasteiger partial charge in [0.2, 0.25) is 0 Å². The fraction of sp³-hybridized carbons (Fsp3) is 0.600. The maximum atomic E-state index is 6.31. The fourth-order valence-corrected chi connectivity index (χ4v) is 3.36.